The summed E-state index contributed by atoms with van der Waals surface area (Å²) >= 11 is 2.01. The van der Waals surface area contributed by atoms with Crippen LogP contribution in [0.2, 0.25) is 0 Å². The molecule has 0 amide bonds. The van der Waals surface area contributed by atoms with Crippen molar-refractivity contribution in [3.05, 3.63) is 21.3 Å². The number of ether oxygens (including phenoxy) is 1. The Labute approximate surface area is 102 Å². The number of methoxy groups -OCH3 is 1. The fourth-order valence-corrected chi connectivity index (χ4v) is 1.89. The summed E-state index contributed by atoms with van der Waals surface area (Å²) in [5.74, 6) is 0.531. The molecule has 0 fully saturated rings. The number of rotatable bonds is 4. The smallest absolute Gasteiger partial charge is 0.171 e. The summed E-state index contributed by atoms with van der Waals surface area (Å²) in [6.45, 7) is 0.0426. The van der Waals surface area contributed by atoms with Crippen LogP contribution in [0.5, 0.6) is 11.5 Å². The van der Waals surface area contributed by atoms with Gasteiger partial charge in [-0.05, 0) is 46.7 Å². The molecule has 1 aromatic rings. The van der Waals surface area contributed by atoms with Crippen molar-refractivity contribution in [2.24, 2.45) is 5.73 Å². The van der Waals surface area contributed by atoms with Crippen molar-refractivity contribution in [1.82, 2.24) is 0 Å². The number of hydrogen-bond acceptors (Lipinski definition) is 4. The van der Waals surface area contributed by atoms with Gasteiger partial charge in [0.05, 0.1) is 10.7 Å². The van der Waals surface area contributed by atoms with Crippen molar-refractivity contribution in [3.63, 3.8) is 0 Å². The van der Waals surface area contributed by atoms with Crippen LogP contribution in [0.3, 0.4) is 0 Å². The van der Waals surface area contributed by atoms with Crippen molar-refractivity contribution in [2.45, 2.75) is 12.5 Å². The Morgan fingerprint density at radius 1 is 1.53 bits per heavy atom. The highest BCUT2D eigenvalue weighted by atomic mass is 127. The molecule has 0 saturated heterocycles. The lowest BCUT2D eigenvalue weighted by molar-refractivity contribution is 0.276. The molecule has 0 aromatic heterocycles. The molecule has 0 spiro atoms. The third-order valence-corrected chi connectivity index (χ3v) is 2.96. The van der Waals surface area contributed by atoms with Gasteiger partial charge in [0.25, 0.3) is 0 Å². The molecule has 4 nitrogen and oxygen atoms in total. The van der Waals surface area contributed by atoms with E-state index in [1.54, 1.807) is 12.1 Å². The maximum Gasteiger partial charge on any atom is 0.171 e. The standard InChI is InChI=1S/C10H14INO3/c1-15-9-5-6(8(12)2-3-13)4-7(11)10(9)14/h4-5,8,13-14H,2-3,12H2,1H3. The molecule has 0 radical (unpaired) electrons. The zero-order chi connectivity index (χ0) is 11.4. The molecule has 15 heavy (non-hydrogen) atoms. The average molecular weight is 323 g/mol. The normalized spacial score (nSPS) is 12.5. The van der Waals surface area contributed by atoms with Crippen molar-refractivity contribution < 1.29 is 14.9 Å². The molecular weight excluding hydrogens is 309 g/mol. The molecule has 0 aliphatic heterocycles. The summed E-state index contributed by atoms with van der Waals surface area (Å²) in [6, 6.07) is 3.24. The van der Waals surface area contributed by atoms with Crippen LogP contribution in [0.1, 0.15) is 18.0 Å². The van der Waals surface area contributed by atoms with Gasteiger partial charge in [0.1, 0.15) is 0 Å². The molecule has 0 aliphatic rings. The maximum absolute atomic E-state index is 9.61. The fraction of sp³-hybridized carbons (Fsp3) is 0.400. The van der Waals surface area contributed by atoms with Crippen LogP contribution in [0.4, 0.5) is 0 Å². The second kappa shape index (κ2) is 5.53. The monoisotopic (exact) mass is 323 g/mol. The third kappa shape index (κ3) is 2.96. The van der Waals surface area contributed by atoms with Gasteiger partial charge in [-0.15, -0.1) is 0 Å². The van der Waals surface area contributed by atoms with Crippen molar-refractivity contribution in [1.29, 1.82) is 0 Å². The summed E-state index contributed by atoms with van der Waals surface area (Å²) in [4.78, 5) is 0. The van der Waals surface area contributed by atoms with E-state index in [1.807, 2.05) is 22.6 Å². The van der Waals surface area contributed by atoms with Crippen molar-refractivity contribution in [3.8, 4) is 11.5 Å². The van der Waals surface area contributed by atoms with Gasteiger partial charge in [0, 0.05) is 12.6 Å². The number of phenolic OH excluding ortho intramolecular Hbond substituents is 1. The van der Waals surface area contributed by atoms with E-state index in [-0.39, 0.29) is 18.4 Å². The average Bonchev–Trinajstić information content (AvgIpc) is 2.22. The molecule has 1 aromatic carbocycles. The lowest BCUT2D eigenvalue weighted by Gasteiger charge is -2.13. The SMILES string of the molecule is COc1cc(C(N)CCO)cc(I)c1O. The van der Waals surface area contributed by atoms with E-state index >= 15 is 0 Å². The summed E-state index contributed by atoms with van der Waals surface area (Å²) in [5.41, 5.74) is 6.70. The van der Waals surface area contributed by atoms with Crippen LogP contribution in [-0.4, -0.2) is 23.9 Å². The summed E-state index contributed by atoms with van der Waals surface area (Å²) in [5, 5.41) is 18.4. The minimum Gasteiger partial charge on any atom is -0.504 e. The van der Waals surface area contributed by atoms with E-state index in [1.165, 1.54) is 7.11 Å². The number of aliphatic hydroxyl groups is 1. The number of halogens is 1. The first-order chi connectivity index (χ1) is 7.10. The molecule has 0 saturated carbocycles. The summed E-state index contributed by atoms with van der Waals surface area (Å²) < 4.78 is 5.71. The molecule has 1 rings (SSSR count). The molecule has 4 N–H and O–H groups in total. The first-order valence-electron chi connectivity index (χ1n) is 4.53. The molecule has 0 heterocycles. The van der Waals surface area contributed by atoms with Crippen molar-refractivity contribution >= 4 is 22.6 Å². The van der Waals surface area contributed by atoms with Crippen LogP contribution in [0.25, 0.3) is 0 Å². The molecule has 84 valence electrons. The highest BCUT2D eigenvalue weighted by Crippen LogP contribution is 2.34. The van der Waals surface area contributed by atoms with Crippen LogP contribution in [0.15, 0.2) is 12.1 Å². The number of hydrogen-bond donors (Lipinski definition) is 3. The van der Waals surface area contributed by atoms with Gasteiger partial charge in [-0.25, -0.2) is 0 Å². The summed E-state index contributed by atoms with van der Waals surface area (Å²) in [7, 11) is 1.49. The lowest BCUT2D eigenvalue weighted by Crippen LogP contribution is -2.12. The zero-order valence-electron chi connectivity index (χ0n) is 8.40. The molecular formula is C10H14INO3. The molecule has 0 bridgehead atoms. The van der Waals surface area contributed by atoms with E-state index in [0.29, 0.717) is 15.7 Å². The molecule has 5 heteroatoms. The van der Waals surface area contributed by atoms with Crippen molar-refractivity contribution in [2.75, 3.05) is 13.7 Å². The highest BCUT2D eigenvalue weighted by molar-refractivity contribution is 14.1. The topological polar surface area (TPSA) is 75.7 Å². The van der Waals surface area contributed by atoms with Gasteiger partial charge in [-0.1, -0.05) is 0 Å². The second-order valence-electron chi connectivity index (χ2n) is 3.17. The zero-order valence-corrected chi connectivity index (χ0v) is 10.6. The minimum atomic E-state index is -0.238. The first kappa shape index (κ1) is 12.5. The number of nitrogens with two attached hydrogens (primary N) is 1. The predicted octanol–water partition coefficient (Wildman–Crippen LogP) is 1.39. The highest BCUT2D eigenvalue weighted by Gasteiger charge is 2.12. The molecule has 0 aliphatic carbocycles. The Balaban J connectivity index is 3.05. The summed E-state index contributed by atoms with van der Waals surface area (Å²) in [6.07, 6.45) is 0.490. The van der Waals surface area contributed by atoms with E-state index < -0.39 is 0 Å². The Hall–Kier alpha value is -0.530. The van der Waals surface area contributed by atoms with Gasteiger partial charge in [-0.2, -0.15) is 0 Å². The van der Waals surface area contributed by atoms with Crippen LogP contribution in [0, 0.1) is 3.57 Å². The van der Waals surface area contributed by atoms with Gasteiger partial charge >= 0.3 is 0 Å². The number of benzene rings is 1. The van der Waals surface area contributed by atoms with E-state index in [0.717, 1.165) is 5.56 Å². The fourth-order valence-electron chi connectivity index (χ4n) is 1.27. The van der Waals surface area contributed by atoms with E-state index in [2.05, 4.69) is 0 Å². The van der Waals surface area contributed by atoms with Gasteiger partial charge in [-0.3, -0.25) is 0 Å². The minimum absolute atomic E-state index is 0.0426. The van der Waals surface area contributed by atoms with E-state index in [9.17, 15) is 5.11 Å². The largest absolute Gasteiger partial charge is 0.504 e. The Morgan fingerprint density at radius 2 is 2.20 bits per heavy atom. The van der Waals surface area contributed by atoms with Gasteiger partial charge < -0.3 is 20.7 Å². The Kier molecular flexibility index (Phi) is 4.62. The number of phenols is 1. The lowest BCUT2D eigenvalue weighted by atomic mass is 10.0. The molecule has 1 unspecified atom stereocenters. The quantitative estimate of drug-likeness (QED) is 0.732. The van der Waals surface area contributed by atoms with Crippen LogP contribution >= 0.6 is 22.6 Å². The third-order valence-electron chi connectivity index (χ3n) is 2.14. The van der Waals surface area contributed by atoms with Crippen LogP contribution in [-0.2, 0) is 0 Å². The van der Waals surface area contributed by atoms with Crippen LogP contribution < -0.4 is 10.5 Å². The van der Waals surface area contributed by atoms with E-state index in [4.69, 9.17) is 15.6 Å². The van der Waals surface area contributed by atoms with Gasteiger partial charge in [0.15, 0.2) is 11.5 Å². The Morgan fingerprint density at radius 3 is 2.73 bits per heavy atom. The maximum atomic E-state index is 9.61. The number of aromatic hydroxyl groups is 1. The molecule has 1 atom stereocenters. The predicted molar refractivity (Wildman–Crippen MR) is 66.0 cm³/mol. The number of aliphatic hydroxyl groups excluding tert-OH is 1. The second-order valence-corrected chi connectivity index (χ2v) is 4.33. The van der Waals surface area contributed by atoms with Gasteiger partial charge in [0.2, 0.25) is 0 Å². The Bertz CT molecular complexity index is 344. The first-order valence-corrected chi connectivity index (χ1v) is 5.60.